The van der Waals surface area contributed by atoms with Gasteiger partial charge < -0.3 is 10.2 Å². The number of hydrogen-bond donors (Lipinski definition) is 1. The van der Waals surface area contributed by atoms with E-state index in [0.717, 1.165) is 29.8 Å². The van der Waals surface area contributed by atoms with Gasteiger partial charge in [0.25, 0.3) is 5.91 Å². The molecule has 0 atom stereocenters. The third-order valence-corrected chi connectivity index (χ3v) is 4.48. The average Bonchev–Trinajstić information content (AvgIpc) is 3.51. The van der Waals surface area contributed by atoms with Gasteiger partial charge in [0.2, 0.25) is 5.95 Å². The topological polar surface area (TPSA) is 58.1 Å². The molecule has 0 radical (unpaired) electrons. The minimum absolute atomic E-state index is 0.128. The smallest absolute Gasteiger partial charge is 0.270 e. The predicted molar refractivity (Wildman–Crippen MR) is 106 cm³/mol. The molecule has 0 spiro atoms. The Morgan fingerprint density at radius 1 is 1.04 bits per heavy atom. The quantitative estimate of drug-likeness (QED) is 0.723. The number of carbonyl (C=O) groups excluding carboxylic acids is 1. The monoisotopic (exact) mass is 358 g/mol. The molecule has 5 heteroatoms. The van der Waals surface area contributed by atoms with Crippen molar-refractivity contribution in [3.63, 3.8) is 0 Å². The first kappa shape index (κ1) is 17.2. The van der Waals surface area contributed by atoms with Crippen molar-refractivity contribution in [2.75, 3.05) is 4.90 Å². The number of amides is 1. The lowest BCUT2D eigenvalue weighted by molar-refractivity contribution is 0.0946. The minimum Gasteiger partial charge on any atom is -0.348 e. The van der Waals surface area contributed by atoms with Gasteiger partial charge in [-0.1, -0.05) is 48.5 Å². The number of aryl methyl sites for hydroxylation is 1. The van der Waals surface area contributed by atoms with Gasteiger partial charge in [0, 0.05) is 17.4 Å². The number of nitrogens with zero attached hydrogens (tertiary/aromatic N) is 3. The molecular formula is C22H22N4O. The summed E-state index contributed by atoms with van der Waals surface area (Å²) in [4.78, 5) is 23.7. The van der Waals surface area contributed by atoms with Crippen LogP contribution in [0.4, 0.5) is 11.6 Å². The number of aromatic nitrogens is 2. The van der Waals surface area contributed by atoms with Gasteiger partial charge in [-0.05, 0) is 43.5 Å². The van der Waals surface area contributed by atoms with Crippen LogP contribution in [0.25, 0.3) is 0 Å². The maximum atomic E-state index is 12.5. The summed E-state index contributed by atoms with van der Waals surface area (Å²) in [6, 6.07) is 22.2. The Morgan fingerprint density at radius 3 is 2.37 bits per heavy atom. The van der Waals surface area contributed by atoms with E-state index >= 15 is 0 Å². The Labute approximate surface area is 159 Å². The van der Waals surface area contributed by atoms with Crippen molar-refractivity contribution < 1.29 is 4.79 Å². The zero-order chi connectivity index (χ0) is 18.6. The lowest BCUT2D eigenvalue weighted by Crippen LogP contribution is -2.28. The van der Waals surface area contributed by atoms with Crippen LogP contribution in [0, 0.1) is 6.92 Å². The van der Waals surface area contributed by atoms with Gasteiger partial charge in [0.1, 0.15) is 5.69 Å². The van der Waals surface area contributed by atoms with Crippen LogP contribution in [-0.4, -0.2) is 21.9 Å². The maximum Gasteiger partial charge on any atom is 0.270 e. The Hall–Kier alpha value is -3.21. The molecule has 0 saturated heterocycles. The summed E-state index contributed by atoms with van der Waals surface area (Å²) in [6.07, 6.45) is 2.10. The number of anilines is 2. The molecule has 1 N–H and O–H groups in total. The van der Waals surface area contributed by atoms with Crippen LogP contribution in [0.3, 0.4) is 0 Å². The van der Waals surface area contributed by atoms with Crippen molar-refractivity contribution in [3.05, 3.63) is 83.7 Å². The molecule has 1 aliphatic rings. The Morgan fingerprint density at radius 2 is 1.70 bits per heavy atom. The molecule has 3 aromatic rings. The second-order valence-electron chi connectivity index (χ2n) is 6.85. The van der Waals surface area contributed by atoms with Crippen LogP contribution in [0.15, 0.2) is 66.7 Å². The molecule has 0 unspecified atom stereocenters. The maximum absolute atomic E-state index is 12.5. The van der Waals surface area contributed by atoms with E-state index in [2.05, 4.69) is 27.4 Å². The Balaban J connectivity index is 1.70. The highest BCUT2D eigenvalue weighted by molar-refractivity contribution is 5.93. The Kier molecular flexibility index (Phi) is 4.83. The third-order valence-electron chi connectivity index (χ3n) is 4.48. The zero-order valence-electron chi connectivity index (χ0n) is 15.3. The average molecular weight is 358 g/mol. The van der Waals surface area contributed by atoms with E-state index in [1.807, 2.05) is 60.4 Å². The van der Waals surface area contributed by atoms with Gasteiger partial charge >= 0.3 is 0 Å². The third kappa shape index (κ3) is 4.31. The van der Waals surface area contributed by atoms with Gasteiger partial charge in [-0.2, -0.15) is 0 Å². The summed E-state index contributed by atoms with van der Waals surface area (Å²) in [7, 11) is 0. The SMILES string of the molecule is Cc1cc(C(=O)NC2CC2)nc(N(Cc2ccccc2)c2ccccc2)n1. The van der Waals surface area contributed by atoms with Crippen LogP contribution in [0.1, 0.15) is 34.6 Å². The fourth-order valence-corrected chi connectivity index (χ4v) is 2.93. The molecular weight excluding hydrogens is 336 g/mol. The van der Waals surface area contributed by atoms with Crippen molar-refractivity contribution in [2.24, 2.45) is 0 Å². The van der Waals surface area contributed by atoms with E-state index in [9.17, 15) is 4.79 Å². The first-order valence-corrected chi connectivity index (χ1v) is 9.22. The van der Waals surface area contributed by atoms with Crippen molar-refractivity contribution in [3.8, 4) is 0 Å². The van der Waals surface area contributed by atoms with Gasteiger partial charge in [0.05, 0.1) is 6.54 Å². The molecule has 1 aliphatic carbocycles. The van der Waals surface area contributed by atoms with E-state index in [1.54, 1.807) is 6.07 Å². The largest absolute Gasteiger partial charge is 0.348 e. The molecule has 1 heterocycles. The van der Waals surface area contributed by atoms with E-state index < -0.39 is 0 Å². The van der Waals surface area contributed by atoms with Crippen molar-refractivity contribution in [1.29, 1.82) is 0 Å². The molecule has 1 fully saturated rings. The van der Waals surface area contributed by atoms with Crippen LogP contribution in [-0.2, 0) is 6.54 Å². The van der Waals surface area contributed by atoms with Crippen molar-refractivity contribution >= 4 is 17.5 Å². The number of carbonyl (C=O) groups is 1. The summed E-state index contributed by atoms with van der Waals surface area (Å²) in [5.74, 6) is 0.406. The second kappa shape index (κ2) is 7.58. The lowest BCUT2D eigenvalue weighted by atomic mass is 10.2. The first-order chi connectivity index (χ1) is 13.2. The number of rotatable bonds is 6. The molecule has 0 aliphatic heterocycles. The fourth-order valence-electron chi connectivity index (χ4n) is 2.93. The molecule has 1 aromatic heterocycles. The molecule has 4 rings (SSSR count). The first-order valence-electron chi connectivity index (χ1n) is 9.22. The predicted octanol–water partition coefficient (Wildman–Crippen LogP) is 4.02. The highest BCUT2D eigenvalue weighted by atomic mass is 16.2. The zero-order valence-corrected chi connectivity index (χ0v) is 15.3. The molecule has 27 heavy (non-hydrogen) atoms. The number of hydrogen-bond acceptors (Lipinski definition) is 4. The van der Waals surface area contributed by atoms with E-state index in [1.165, 1.54) is 0 Å². The molecule has 136 valence electrons. The van der Waals surface area contributed by atoms with Crippen LogP contribution >= 0.6 is 0 Å². The summed E-state index contributed by atoms with van der Waals surface area (Å²) in [5, 5.41) is 3.01. The second-order valence-corrected chi connectivity index (χ2v) is 6.85. The number of nitrogens with one attached hydrogen (secondary N) is 1. The van der Waals surface area contributed by atoms with E-state index in [4.69, 9.17) is 0 Å². The lowest BCUT2D eigenvalue weighted by Gasteiger charge is -2.23. The molecule has 0 bridgehead atoms. The van der Waals surface area contributed by atoms with E-state index in [0.29, 0.717) is 24.2 Å². The van der Waals surface area contributed by atoms with Crippen molar-refractivity contribution in [2.45, 2.75) is 32.4 Å². The highest BCUT2D eigenvalue weighted by Crippen LogP contribution is 2.25. The fraction of sp³-hybridized carbons (Fsp3) is 0.227. The van der Waals surface area contributed by atoms with Gasteiger partial charge in [-0.25, -0.2) is 9.97 Å². The van der Waals surface area contributed by atoms with E-state index in [-0.39, 0.29) is 5.91 Å². The Bertz CT molecular complexity index is 924. The van der Waals surface area contributed by atoms with Crippen LogP contribution < -0.4 is 10.2 Å². The number of benzene rings is 2. The minimum atomic E-state index is -0.128. The normalized spacial score (nSPS) is 13.2. The van der Waals surface area contributed by atoms with Gasteiger partial charge in [0.15, 0.2) is 0 Å². The van der Waals surface area contributed by atoms with Crippen LogP contribution in [0.2, 0.25) is 0 Å². The summed E-state index contributed by atoms with van der Waals surface area (Å²) in [6.45, 7) is 2.52. The molecule has 5 nitrogen and oxygen atoms in total. The molecule has 1 saturated carbocycles. The summed E-state index contributed by atoms with van der Waals surface area (Å²) in [5.41, 5.74) is 3.32. The van der Waals surface area contributed by atoms with Gasteiger partial charge in [-0.3, -0.25) is 4.79 Å². The standard InChI is InChI=1S/C22H22N4O/c1-16-14-20(21(27)24-18-12-13-18)25-22(23-16)26(19-10-6-3-7-11-19)15-17-8-4-2-5-9-17/h2-11,14,18H,12-13,15H2,1H3,(H,24,27). The van der Waals surface area contributed by atoms with Gasteiger partial charge in [-0.15, -0.1) is 0 Å². The molecule has 2 aromatic carbocycles. The molecule has 1 amide bonds. The van der Waals surface area contributed by atoms with Crippen LogP contribution in [0.5, 0.6) is 0 Å². The number of para-hydroxylation sites is 1. The summed E-state index contributed by atoms with van der Waals surface area (Å²) < 4.78 is 0. The summed E-state index contributed by atoms with van der Waals surface area (Å²) >= 11 is 0. The highest BCUT2D eigenvalue weighted by Gasteiger charge is 2.25. The van der Waals surface area contributed by atoms with Crippen molar-refractivity contribution in [1.82, 2.24) is 15.3 Å².